The third-order valence-electron chi connectivity index (χ3n) is 20.5. The van der Waals surface area contributed by atoms with Crippen molar-refractivity contribution in [3.8, 4) is 102 Å². The van der Waals surface area contributed by atoms with Crippen molar-refractivity contribution in [2.75, 3.05) is 34.5 Å². The third kappa shape index (κ3) is 16.3. The van der Waals surface area contributed by atoms with Gasteiger partial charge in [0.05, 0.1) is 121 Å². The highest BCUT2D eigenvalue weighted by molar-refractivity contribution is 6.74. The summed E-state index contributed by atoms with van der Waals surface area (Å²) in [6.45, 7) is 25.1. The highest BCUT2D eigenvalue weighted by atomic mass is 35.5. The summed E-state index contributed by atoms with van der Waals surface area (Å²) < 4.78 is 64.2. The smallest absolute Gasteiger partial charge is 0.192 e. The molecule has 20 nitrogen and oxygen atoms in total. The number of hydrogen-bond acceptors (Lipinski definition) is 14. The Balaban J connectivity index is 0.000000147. The summed E-state index contributed by atoms with van der Waals surface area (Å²) in [5, 5.41) is 39.1. The van der Waals surface area contributed by atoms with Gasteiger partial charge in [0.15, 0.2) is 25.8 Å². The average molecular weight is 1570 g/mol. The Bertz CT molecular complexity index is 5680. The Kier molecular flexibility index (Phi) is 22.9. The number of nitrogens with zero attached hydrogens (tertiary/aromatic N) is 15. The van der Waals surface area contributed by atoms with Crippen molar-refractivity contribution >= 4 is 43.1 Å². The molecule has 0 saturated heterocycles. The summed E-state index contributed by atoms with van der Waals surface area (Å²) in [6, 6.07) is 41.8. The number of rotatable bonds is 20. The van der Waals surface area contributed by atoms with Crippen LogP contribution in [0.3, 0.4) is 0 Å². The molecule has 6 aromatic carbocycles. The zero-order valence-electron chi connectivity index (χ0n) is 64.4. The fourth-order valence-electron chi connectivity index (χ4n) is 13.4. The molecule has 0 bridgehead atoms. The summed E-state index contributed by atoms with van der Waals surface area (Å²) in [7, 11) is 2.90. The quantitative estimate of drug-likeness (QED) is 0.0706. The number of halogens is 5. The summed E-state index contributed by atoms with van der Waals surface area (Å²) in [5.41, 5.74) is 17.3. The number of imidazole rings is 3. The van der Waals surface area contributed by atoms with E-state index in [9.17, 15) is 13.9 Å². The van der Waals surface area contributed by atoms with Gasteiger partial charge in [0.25, 0.3) is 0 Å². The van der Waals surface area contributed by atoms with Crippen LogP contribution in [0.25, 0.3) is 85.0 Å². The topological polar surface area (TPSA) is 203 Å². The number of aryl methyl sites for hydroxylation is 5. The van der Waals surface area contributed by atoms with E-state index in [0.717, 1.165) is 95.7 Å². The highest BCUT2D eigenvalue weighted by Gasteiger charge is 2.39. The Morgan fingerprint density at radius 1 is 0.441 bits per heavy atom. The van der Waals surface area contributed by atoms with E-state index in [1.54, 1.807) is 58.8 Å². The van der Waals surface area contributed by atoms with Crippen LogP contribution in [0.2, 0.25) is 33.2 Å². The van der Waals surface area contributed by atoms with Crippen LogP contribution in [0.5, 0.6) is 17.2 Å². The van der Waals surface area contributed by atoms with Crippen molar-refractivity contribution < 1.29 is 32.5 Å². The first kappa shape index (κ1) is 78.2. The standard InChI is InChI=1S/C32H38ClN5O2Si.C27H24ClF2N5O.C26H24ClN5O2/c1-21-9-11-23(12-10-21)28(19-40-41(7,8)32(3,4)5)38-18-25(33)16-26-30(35-36-31(26)38)24-13-14-27(29(15-24)39-6)37-17-22(2)34-20-37;1-5-23(18-8-21(29)16(3)22(30)9-18)35-13-19(28)11-20-26(32-33-27(20)35)17-6-7-24(25(10-17)36-4)34-12-15(2)31-14-34;1-16-4-6-18(7-5-16)23(14-33)32-13-20(27)11-21-25(29-30-26(21)32)19-8-9-22(24(10-19)34-3)31-12-17(2)28-15-31/h9-18,20,28H,19H2,1-8H3;6-14,23H,5H2,1-4H3;4-13,15,23,33H,14H2,1-3H3/t;23-;/m.0./s1. The molecule has 26 heteroatoms. The lowest BCUT2D eigenvalue weighted by molar-refractivity contribution is 0.248. The lowest BCUT2D eigenvalue weighted by atomic mass is 10.00. The summed E-state index contributed by atoms with van der Waals surface area (Å²) in [6.07, 6.45) is 17.1. The lowest BCUT2D eigenvalue weighted by Crippen LogP contribution is -2.42. The molecule has 2 unspecified atom stereocenters. The lowest BCUT2D eigenvalue weighted by Gasteiger charge is -2.38. The first-order valence-corrected chi connectivity index (χ1v) is 40.2. The maximum absolute atomic E-state index is 14.4. The SMILES string of the molecule is CC[C@@H](c1cc(F)c(C)c(F)c1)n1cc(Cl)cc2c(-c3ccc(-n4cnc(C)c4)c(OC)c3)nnc1-2.COc1cc(-c2nnc3n(C(CO)c4ccc(C)cc4)cc(Cl)cc2-3)ccc1-n1cnc(C)c1.COc1cc(-c2nnc3n(C(CO[Si](C)(C)C(C)(C)C)c4ccc(C)cc4)cc(Cl)cc2-3)ccc1-n1cnc(C)c1. The fourth-order valence-corrected chi connectivity index (χ4v) is 15.0. The number of fused-ring (bicyclic) bond motifs is 3. The second-order valence-electron chi connectivity index (χ2n) is 29.1. The zero-order chi connectivity index (χ0) is 78.9. The molecular formula is C85H86Cl3F2N15O5Si. The second kappa shape index (κ2) is 32.6. The van der Waals surface area contributed by atoms with Gasteiger partial charge in [-0.05, 0) is 150 Å². The minimum absolute atomic E-state index is 0.00604. The van der Waals surface area contributed by atoms with Crippen molar-refractivity contribution in [3.05, 3.63) is 267 Å². The van der Waals surface area contributed by atoms with E-state index in [-0.39, 0.29) is 35.3 Å². The average Bonchev–Trinajstić information content (AvgIpc) is 1.65. The predicted molar refractivity (Wildman–Crippen MR) is 435 cm³/mol. The maximum Gasteiger partial charge on any atom is 0.192 e. The molecule has 6 aliphatic heterocycles. The molecule has 0 saturated carbocycles. The summed E-state index contributed by atoms with van der Waals surface area (Å²) in [4.78, 5) is 12.9. The molecule has 3 atom stereocenters. The number of aromatic nitrogens is 15. The van der Waals surface area contributed by atoms with Crippen LogP contribution in [0.1, 0.15) is 103 Å². The van der Waals surface area contributed by atoms with Crippen LogP contribution in [-0.4, -0.2) is 121 Å². The molecular weight excluding hydrogens is 1480 g/mol. The zero-order valence-corrected chi connectivity index (χ0v) is 67.7. The predicted octanol–water partition coefficient (Wildman–Crippen LogP) is 20.0. The molecule has 9 aromatic rings. The van der Waals surface area contributed by atoms with Gasteiger partial charge in [-0.3, -0.25) is 0 Å². The number of hydrogen-bond donors (Lipinski definition) is 1. The monoisotopic (exact) mass is 1570 g/mol. The van der Waals surface area contributed by atoms with Crippen LogP contribution >= 0.6 is 34.8 Å². The number of pyridine rings is 3. The Labute approximate surface area is 660 Å². The van der Waals surface area contributed by atoms with E-state index in [2.05, 4.69) is 115 Å². The highest BCUT2D eigenvalue weighted by Crippen LogP contribution is 2.45. The normalized spacial score (nSPS) is 12.6. The summed E-state index contributed by atoms with van der Waals surface area (Å²) in [5.74, 6) is 2.84. The van der Waals surface area contributed by atoms with E-state index in [1.807, 2.05) is 173 Å². The van der Waals surface area contributed by atoms with Gasteiger partial charge in [-0.25, -0.2) is 23.7 Å². The number of aliphatic hydroxyl groups is 1. The van der Waals surface area contributed by atoms with Crippen LogP contribution in [0.15, 0.2) is 190 Å². The molecule has 0 amide bonds. The van der Waals surface area contributed by atoms with E-state index in [4.69, 9.17) is 53.4 Å². The minimum atomic E-state index is -2.02. The van der Waals surface area contributed by atoms with E-state index in [0.29, 0.717) is 73.9 Å². The van der Waals surface area contributed by atoms with Crippen molar-refractivity contribution in [1.29, 1.82) is 0 Å². The number of methoxy groups -OCH3 is 3. The molecule has 1 N–H and O–H groups in total. The molecule has 570 valence electrons. The van der Waals surface area contributed by atoms with Gasteiger partial charge >= 0.3 is 0 Å². The van der Waals surface area contributed by atoms with Crippen molar-refractivity contribution in [2.45, 2.75) is 112 Å². The molecule has 15 rings (SSSR count). The van der Waals surface area contributed by atoms with Gasteiger partial charge in [-0.2, -0.15) is 0 Å². The minimum Gasteiger partial charge on any atom is -0.495 e. The Hall–Kier alpha value is -10.9. The van der Waals surface area contributed by atoms with Crippen LogP contribution in [0.4, 0.5) is 8.78 Å². The Morgan fingerprint density at radius 3 is 1.10 bits per heavy atom. The van der Waals surface area contributed by atoms with Gasteiger partial charge in [-0.1, -0.05) is 140 Å². The first-order valence-electron chi connectivity index (χ1n) is 36.2. The molecule has 3 aromatic heterocycles. The second-order valence-corrected chi connectivity index (χ2v) is 35.2. The molecule has 0 aliphatic carbocycles. The van der Waals surface area contributed by atoms with E-state index in [1.165, 1.54) is 24.6 Å². The molecule has 111 heavy (non-hydrogen) atoms. The first-order chi connectivity index (χ1) is 53.2. The number of ether oxygens (including phenoxy) is 3. The van der Waals surface area contributed by atoms with Crippen LogP contribution in [-0.2, 0) is 4.43 Å². The van der Waals surface area contributed by atoms with E-state index < -0.39 is 20.0 Å². The summed E-state index contributed by atoms with van der Waals surface area (Å²) >= 11 is 19.8. The largest absolute Gasteiger partial charge is 0.495 e. The van der Waals surface area contributed by atoms with Gasteiger partial charge < -0.3 is 51.1 Å². The Morgan fingerprint density at radius 2 is 0.784 bits per heavy atom. The molecule has 9 heterocycles. The number of benzene rings is 6. The van der Waals surface area contributed by atoms with Gasteiger partial charge in [0.1, 0.15) is 46.0 Å². The number of aliphatic hydroxyl groups excluding tert-OH is 1. The molecule has 6 aliphatic rings. The van der Waals surface area contributed by atoms with Crippen LogP contribution < -0.4 is 14.2 Å². The van der Waals surface area contributed by atoms with Crippen molar-refractivity contribution in [1.82, 2.24) is 72.9 Å². The van der Waals surface area contributed by atoms with Gasteiger partial charge in [0.2, 0.25) is 0 Å². The fraction of sp³-hybridized carbons (Fsp3) is 0.259. The maximum atomic E-state index is 14.4. The molecule has 0 fully saturated rings. The van der Waals surface area contributed by atoms with Crippen LogP contribution in [0, 0.1) is 53.2 Å². The van der Waals surface area contributed by atoms with Crippen molar-refractivity contribution in [3.63, 3.8) is 0 Å². The molecule has 0 radical (unpaired) electrons. The van der Waals surface area contributed by atoms with E-state index >= 15 is 0 Å². The third-order valence-corrected chi connectivity index (χ3v) is 25.6. The molecule has 0 spiro atoms. The van der Waals surface area contributed by atoms with Gasteiger partial charge in [-0.15, -0.1) is 30.6 Å². The van der Waals surface area contributed by atoms with Crippen molar-refractivity contribution in [2.24, 2.45) is 0 Å². The van der Waals surface area contributed by atoms with Gasteiger partial charge in [0, 0.05) is 76.1 Å².